The summed E-state index contributed by atoms with van der Waals surface area (Å²) in [6.45, 7) is 11.1. The van der Waals surface area contributed by atoms with E-state index in [0.717, 1.165) is 16.2 Å². The van der Waals surface area contributed by atoms with E-state index >= 15 is 8.78 Å². The second kappa shape index (κ2) is 10.1. The number of benzene rings is 3. The molecule has 0 saturated carbocycles. The Hall–Kier alpha value is -2.95. The molecular formula is C31H30F2IrNO2-. The van der Waals surface area contributed by atoms with Crippen LogP contribution in [0.4, 0.5) is 8.78 Å². The van der Waals surface area contributed by atoms with Gasteiger partial charge in [-0.15, -0.1) is 29.8 Å². The van der Waals surface area contributed by atoms with Crippen molar-refractivity contribution in [3.8, 4) is 11.3 Å². The molecule has 5 rings (SSSR count). The predicted octanol–water partition coefficient (Wildman–Crippen LogP) is 8.40. The van der Waals surface area contributed by atoms with Crippen LogP contribution in [0.2, 0.25) is 0 Å². The summed E-state index contributed by atoms with van der Waals surface area (Å²) in [5, 5.41) is 12.7. The molecule has 0 aliphatic heterocycles. The molecule has 1 aromatic heterocycles. The van der Waals surface area contributed by atoms with Gasteiger partial charge in [-0.1, -0.05) is 71.4 Å². The maximum atomic E-state index is 15.1. The number of nitrogens with zero attached hydrogens (tertiary/aromatic N) is 1. The van der Waals surface area contributed by atoms with E-state index in [1.54, 1.807) is 24.4 Å². The molecule has 0 spiro atoms. The minimum absolute atomic E-state index is 0. The maximum Gasteiger partial charge on any atom is 0.267 e. The zero-order valence-electron chi connectivity index (χ0n) is 21.7. The number of rotatable bonds is 1. The third-order valence-corrected chi connectivity index (χ3v) is 6.32. The number of alkyl halides is 2. The fourth-order valence-corrected chi connectivity index (χ4v) is 4.09. The number of allylic oxidation sites excluding steroid dienone is 2. The Morgan fingerprint density at radius 3 is 2.27 bits per heavy atom. The van der Waals surface area contributed by atoms with E-state index in [9.17, 15) is 9.90 Å². The number of halogens is 2. The Morgan fingerprint density at radius 1 is 0.946 bits per heavy atom. The molecule has 0 bridgehead atoms. The van der Waals surface area contributed by atoms with Gasteiger partial charge in [0.05, 0.1) is 0 Å². The van der Waals surface area contributed by atoms with Crippen LogP contribution in [0.15, 0.2) is 72.6 Å². The molecule has 0 unspecified atom stereocenters. The minimum Gasteiger partial charge on any atom is -0.512 e. The molecular weight excluding hydrogens is 649 g/mol. The molecule has 1 aliphatic carbocycles. The Kier molecular flexibility index (Phi) is 7.79. The first-order valence-corrected chi connectivity index (χ1v) is 11.9. The normalized spacial score (nSPS) is 14.3. The zero-order chi connectivity index (χ0) is 26.5. The van der Waals surface area contributed by atoms with Gasteiger partial charge < -0.3 is 10.1 Å². The number of fused-ring (bicyclic) bond motifs is 4. The Labute approximate surface area is 230 Å². The smallest absolute Gasteiger partial charge is 0.267 e. The quantitative estimate of drug-likeness (QED) is 0.0953. The molecule has 3 aromatic carbocycles. The molecule has 3 nitrogen and oxygen atoms in total. The third kappa shape index (κ3) is 5.37. The van der Waals surface area contributed by atoms with E-state index in [1.165, 1.54) is 12.1 Å². The van der Waals surface area contributed by atoms with Crippen LogP contribution in [0, 0.1) is 16.9 Å². The first kappa shape index (κ1) is 28.6. The van der Waals surface area contributed by atoms with Gasteiger partial charge in [0.15, 0.2) is 5.78 Å². The number of hydrogen-bond donors (Lipinski definition) is 1. The number of aliphatic hydroxyl groups is 1. The van der Waals surface area contributed by atoms with E-state index in [-0.39, 0.29) is 48.2 Å². The molecule has 1 aliphatic rings. The summed E-state index contributed by atoms with van der Waals surface area (Å²) in [6.07, 6.45) is 3.02. The fourth-order valence-electron chi connectivity index (χ4n) is 4.09. The van der Waals surface area contributed by atoms with E-state index in [1.807, 2.05) is 71.9 Å². The first-order valence-electron chi connectivity index (χ1n) is 11.9. The summed E-state index contributed by atoms with van der Waals surface area (Å²) < 4.78 is 30.3. The van der Waals surface area contributed by atoms with Crippen molar-refractivity contribution in [1.82, 2.24) is 4.98 Å². The van der Waals surface area contributed by atoms with Crippen molar-refractivity contribution in [3.63, 3.8) is 0 Å². The molecule has 195 valence electrons. The number of carbonyl (C=O) groups excluding carboxylic acids is 1. The van der Waals surface area contributed by atoms with Gasteiger partial charge in [0, 0.05) is 48.8 Å². The van der Waals surface area contributed by atoms with Gasteiger partial charge in [0.1, 0.15) is 5.76 Å². The van der Waals surface area contributed by atoms with Crippen LogP contribution in [-0.2, 0) is 30.8 Å². The predicted molar refractivity (Wildman–Crippen MR) is 141 cm³/mol. The second-order valence-electron chi connectivity index (χ2n) is 11.2. The fraction of sp³-hybridized carbons (Fsp3) is 0.290. The van der Waals surface area contributed by atoms with E-state index < -0.39 is 11.3 Å². The molecule has 0 fully saturated rings. The van der Waals surface area contributed by atoms with Crippen molar-refractivity contribution in [1.29, 1.82) is 0 Å². The summed E-state index contributed by atoms with van der Waals surface area (Å²) in [6, 6.07) is 18.7. The summed E-state index contributed by atoms with van der Waals surface area (Å²) in [5.41, 5.74) is 0.222. The number of ketones is 1. The van der Waals surface area contributed by atoms with Crippen molar-refractivity contribution < 1.29 is 38.8 Å². The van der Waals surface area contributed by atoms with Gasteiger partial charge in [-0.3, -0.25) is 4.79 Å². The van der Waals surface area contributed by atoms with Crippen LogP contribution in [0.3, 0.4) is 0 Å². The average molecular weight is 679 g/mol. The van der Waals surface area contributed by atoms with Crippen molar-refractivity contribution in [2.45, 2.75) is 47.5 Å². The van der Waals surface area contributed by atoms with Crippen LogP contribution in [-0.4, -0.2) is 15.9 Å². The number of aliphatic hydroxyl groups excluding tert-OH is 1. The SMILES string of the molecule is CC(C)(C)C(=O)/C=C(\O)C(C)(C)C.FC1(F)c2ccc[c-]c2-c2nccc3c2c1cc1ccccc13.[Ir]. The van der Waals surface area contributed by atoms with Crippen molar-refractivity contribution in [2.75, 3.05) is 0 Å². The molecule has 6 heteroatoms. The van der Waals surface area contributed by atoms with Crippen molar-refractivity contribution in [3.05, 3.63) is 89.8 Å². The maximum absolute atomic E-state index is 15.1. The van der Waals surface area contributed by atoms with E-state index in [2.05, 4.69) is 11.1 Å². The van der Waals surface area contributed by atoms with Gasteiger partial charge in [0.2, 0.25) is 0 Å². The summed E-state index contributed by atoms with van der Waals surface area (Å²) in [4.78, 5) is 15.9. The van der Waals surface area contributed by atoms with Crippen LogP contribution in [0.25, 0.3) is 32.8 Å². The average Bonchev–Trinajstić information content (AvgIpc) is 2.81. The monoisotopic (exact) mass is 679 g/mol. The first-order chi connectivity index (χ1) is 16.7. The standard InChI is InChI=1S/C20H10F2N.C11H20O2.Ir/c21-20(22)16-8-4-3-7-15(16)19-18-14(9-10-23-19)13-6-2-1-5-12(13)11-17(18)20;1-10(2,3)8(12)7-9(13)11(4,5)6;/h1-6,8-11H;7,12H,1-6H3;/q-1;;/b;8-7-;. The number of carbonyl (C=O) groups is 1. The summed E-state index contributed by atoms with van der Waals surface area (Å²) in [5.74, 6) is -2.95. The van der Waals surface area contributed by atoms with Gasteiger partial charge >= 0.3 is 0 Å². The Balaban J connectivity index is 0.000000237. The molecule has 1 N–H and O–H groups in total. The number of pyridine rings is 1. The van der Waals surface area contributed by atoms with E-state index in [4.69, 9.17) is 0 Å². The van der Waals surface area contributed by atoms with Crippen LogP contribution in [0.5, 0.6) is 0 Å². The Bertz CT molecular complexity index is 1510. The molecule has 37 heavy (non-hydrogen) atoms. The van der Waals surface area contributed by atoms with Gasteiger partial charge in [-0.05, 0) is 39.4 Å². The van der Waals surface area contributed by atoms with Gasteiger partial charge in [-0.2, -0.15) is 0 Å². The number of hydrogen-bond acceptors (Lipinski definition) is 3. The molecule has 0 atom stereocenters. The molecule has 0 saturated heterocycles. The summed E-state index contributed by atoms with van der Waals surface area (Å²) >= 11 is 0. The van der Waals surface area contributed by atoms with Crippen molar-refractivity contribution in [2.24, 2.45) is 10.8 Å². The van der Waals surface area contributed by atoms with Crippen LogP contribution in [0.1, 0.15) is 52.7 Å². The van der Waals surface area contributed by atoms with Gasteiger partial charge in [-0.25, -0.2) is 8.78 Å². The largest absolute Gasteiger partial charge is 0.512 e. The third-order valence-electron chi connectivity index (χ3n) is 6.32. The van der Waals surface area contributed by atoms with Crippen molar-refractivity contribution >= 4 is 27.3 Å². The minimum atomic E-state index is -3.05. The van der Waals surface area contributed by atoms with E-state index in [0.29, 0.717) is 16.6 Å². The second-order valence-corrected chi connectivity index (χ2v) is 11.2. The Morgan fingerprint density at radius 2 is 1.62 bits per heavy atom. The van der Waals surface area contributed by atoms with Crippen LogP contribution < -0.4 is 0 Å². The summed E-state index contributed by atoms with van der Waals surface area (Å²) in [7, 11) is 0. The topological polar surface area (TPSA) is 50.2 Å². The van der Waals surface area contributed by atoms with Crippen LogP contribution >= 0.6 is 0 Å². The molecule has 1 heterocycles. The molecule has 1 radical (unpaired) electrons. The van der Waals surface area contributed by atoms with Gasteiger partial charge in [0.25, 0.3) is 5.92 Å². The zero-order valence-corrected chi connectivity index (χ0v) is 24.1. The molecule has 4 aromatic rings. The number of aromatic nitrogens is 1. The molecule has 0 amide bonds.